The van der Waals surface area contributed by atoms with Gasteiger partial charge >= 0.3 is 5.00 Å². The summed E-state index contributed by atoms with van der Waals surface area (Å²) in [5, 5.41) is 16.0. The predicted octanol–water partition coefficient (Wildman–Crippen LogP) is 3.52. The van der Waals surface area contributed by atoms with Gasteiger partial charge in [-0.1, -0.05) is 23.5 Å². The van der Waals surface area contributed by atoms with Crippen LogP contribution in [-0.2, 0) is 6.54 Å². The minimum atomic E-state index is -0.361. The maximum Gasteiger partial charge on any atom is 0.324 e. The molecule has 0 aliphatic heterocycles. The van der Waals surface area contributed by atoms with Crippen LogP contribution in [0, 0.1) is 10.1 Å². The molecule has 0 fully saturated rings. The van der Waals surface area contributed by atoms with Crippen LogP contribution in [0.2, 0.25) is 0 Å². The van der Waals surface area contributed by atoms with E-state index in [1.54, 1.807) is 13.2 Å². The lowest BCUT2D eigenvalue weighted by Crippen LogP contribution is -2.17. The zero-order valence-electron chi connectivity index (χ0n) is 11.3. The Kier molecular flexibility index (Phi) is 4.70. The van der Waals surface area contributed by atoms with Gasteiger partial charge in [0.05, 0.1) is 12.0 Å². The van der Waals surface area contributed by atoms with E-state index in [2.05, 4.69) is 12.2 Å². The maximum absolute atomic E-state index is 10.6. The van der Waals surface area contributed by atoms with Crippen LogP contribution in [-0.4, -0.2) is 12.0 Å². The Labute approximate surface area is 121 Å². The van der Waals surface area contributed by atoms with E-state index < -0.39 is 0 Å². The van der Waals surface area contributed by atoms with Crippen LogP contribution in [0.5, 0.6) is 5.75 Å². The Morgan fingerprint density at radius 1 is 1.45 bits per heavy atom. The van der Waals surface area contributed by atoms with Gasteiger partial charge in [-0.25, -0.2) is 0 Å². The molecule has 1 N–H and O–H groups in total. The molecule has 5 nitrogen and oxygen atoms in total. The molecule has 20 heavy (non-hydrogen) atoms. The van der Waals surface area contributed by atoms with E-state index in [-0.39, 0.29) is 16.0 Å². The summed E-state index contributed by atoms with van der Waals surface area (Å²) < 4.78 is 5.20. The van der Waals surface area contributed by atoms with Gasteiger partial charge in [0, 0.05) is 24.0 Å². The molecule has 1 unspecified atom stereocenters. The van der Waals surface area contributed by atoms with Crippen molar-refractivity contribution in [2.75, 3.05) is 7.11 Å². The first-order valence-corrected chi connectivity index (χ1v) is 7.07. The third-order valence-electron chi connectivity index (χ3n) is 3.03. The number of thiophene rings is 1. The fourth-order valence-corrected chi connectivity index (χ4v) is 2.58. The van der Waals surface area contributed by atoms with Crippen LogP contribution in [0.15, 0.2) is 35.7 Å². The number of nitro groups is 1. The third-order valence-corrected chi connectivity index (χ3v) is 3.96. The average molecular weight is 292 g/mol. The van der Waals surface area contributed by atoms with Crippen molar-refractivity contribution in [3.05, 3.63) is 57.0 Å². The van der Waals surface area contributed by atoms with E-state index in [1.165, 1.54) is 0 Å². The quantitative estimate of drug-likeness (QED) is 0.653. The highest BCUT2D eigenvalue weighted by molar-refractivity contribution is 7.13. The van der Waals surface area contributed by atoms with Crippen molar-refractivity contribution in [2.24, 2.45) is 0 Å². The van der Waals surface area contributed by atoms with Gasteiger partial charge in [-0.3, -0.25) is 10.1 Å². The lowest BCUT2D eigenvalue weighted by molar-refractivity contribution is -0.380. The highest BCUT2D eigenvalue weighted by Gasteiger charge is 2.11. The van der Waals surface area contributed by atoms with Gasteiger partial charge in [-0.05, 0) is 30.2 Å². The second kappa shape index (κ2) is 6.49. The minimum absolute atomic E-state index is 0.143. The Morgan fingerprint density at radius 2 is 2.25 bits per heavy atom. The van der Waals surface area contributed by atoms with Crippen molar-refractivity contribution < 1.29 is 9.66 Å². The molecule has 2 rings (SSSR count). The number of benzene rings is 1. The molecule has 6 heteroatoms. The van der Waals surface area contributed by atoms with Gasteiger partial charge in [0.1, 0.15) is 5.75 Å². The zero-order chi connectivity index (χ0) is 14.5. The molecule has 0 amide bonds. The summed E-state index contributed by atoms with van der Waals surface area (Å²) in [6.45, 7) is 2.65. The maximum atomic E-state index is 10.6. The summed E-state index contributed by atoms with van der Waals surface area (Å²) in [5.41, 5.74) is 2.05. The molecule has 1 aromatic carbocycles. The molecular formula is C14H16N2O3S. The standard InChI is InChI=1S/C14H16N2O3S/c1-10(12-4-3-5-13(7-12)19-2)15-8-11-6-14(16(17)18)20-9-11/h3-7,9-10,15H,8H2,1-2H3. The molecule has 0 spiro atoms. The van der Waals surface area contributed by atoms with Gasteiger partial charge in [-0.2, -0.15) is 0 Å². The molecule has 1 atom stereocenters. The first-order chi connectivity index (χ1) is 9.60. The molecule has 106 valence electrons. The predicted molar refractivity (Wildman–Crippen MR) is 79.2 cm³/mol. The van der Waals surface area contributed by atoms with Gasteiger partial charge in [0.25, 0.3) is 0 Å². The second-order valence-corrected chi connectivity index (χ2v) is 5.32. The van der Waals surface area contributed by atoms with Crippen LogP contribution < -0.4 is 10.1 Å². The van der Waals surface area contributed by atoms with E-state index in [9.17, 15) is 10.1 Å². The SMILES string of the molecule is COc1cccc(C(C)NCc2csc([N+](=O)[O-])c2)c1. The fourth-order valence-electron chi connectivity index (χ4n) is 1.85. The smallest absolute Gasteiger partial charge is 0.324 e. The number of ether oxygens (including phenoxy) is 1. The molecular weight excluding hydrogens is 276 g/mol. The molecule has 1 heterocycles. The highest BCUT2D eigenvalue weighted by Crippen LogP contribution is 2.23. The number of hydrogen-bond donors (Lipinski definition) is 1. The molecule has 0 saturated carbocycles. The van der Waals surface area contributed by atoms with E-state index >= 15 is 0 Å². The monoisotopic (exact) mass is 292 g/mol. The average Bonchev–Trinajstić information content (AvgIpc) is 2.94. The minimum Gasteiger partial charge on any atom is -0.497 e. The summed E-state index contributed by atoms with van der Waals surface area (Å²) in [6.07, 6.45) is 0. The van der Waals surface area contributed by atoms with Crippen LogP contribution in [0.3, 0.4) is 0 Å². The normalized spacial score (nSPS) is 12.1. The third kappa shape index (κ3) is 3.55. The van der Waals surface area contributed by atoms with Crippen molar-refractivity contribution in [2.45, 2.75) is 19.5 Å². The van der Waals surface area contributed by atoms with Crippen LogP contribution >= 0.6 is 11.3 Å². The first-order valence-electron chi connectivity index (χ1n) is 6.19. The number of methoxy groups -OCH3 is 1. The highest BCUT2D eigenvalue weighted by atomic mass is 32.1. The second-order valence-electron chi connectivity index (χ2n) is 4.43. The molecule has 0 radical (unpaired) electrons. The molecule has 0 aliphatic rings. The Morgan fingerprint density at radius 3 is 2.90 bits per heavy atom. The lowest BCUT2D eigenvalue weighted by atomic mass is 10.1. The van der Waals surface area contributed by atoms with Crippen molar-refractivity contribution in [3.63, 3.8) is 0 Å². The topological polar surface area (TPSA) is 64.4 Å². The van der Waals surface area contributed by atoms with Gasteiger partial charge < -0.3 is 10.1 Å². The summed E-state index contributed by atoms with van der Waals surface area (Å²) in [7, 11) is 1.64. The van der Waals surface area contributed by atoms with Gasteiger partial charge in [0.15, 0.2) is 0 Å². The lowest BCUT2D eigenvalue weighted by Gasteiger charge is -2.14. The Bertz CT molecular complexity index is 598. The molecule has 1 aromatic heterocycles. The van der Waals surface area contributed by atoms with E-state index in [1.807, 2.05) is 29.6 Å². The van der Waals surface area contributed by atoms with E-state index in [0.29, 0.717) is 6.54 Å². The number of rotatable bonds is 6. The van der Waals surface area contributed by atoms with Crippen molar-refractivity contribution >= 4 is 16.3 Å². The first kappa shape index (κ1) is 14.5. The van der Waals surface area contributed by atoms with Crippen LogP contribution in [0.25, 0.3) is 0 Å². The summed E-state index contributed by atoms with van der Waals surface area (Å²) in [6, 6.07) is 9.60. The Hall–Kier alpha value is -1.92. The molecule has 0 bridgehead atoms. The number of nitrogens with one attached hydrogen (secondary N) is 1. The van der Waals surface area contributed by atoms with Crippen molar-refractivity contribution in [1.29, 1.82) is 0 Å². The summed E-state index contributed by atoms with van der Waals surface area (Å²) in [4.78, 5) is 10.3. The van der Waals surface area contributed by atoms with Crippen LogP contribution in [0.4, 0.5) is 5.00 Å². The summed E-state index contributed by atoms with van der Waals surface area (Å²) >= 11 is 1.15. The summed E-state index contributed by atoms with van der Waals surface area (Å²) in [5.74, 6) is 0.822. The van der Waals surface area contributed by atoms with E-state index in [4.69, 9.17) is 4.74 Å². The van der Waals surface area contributed by atoms with E-state index in [0.717, 1.165) is 28.2 Å². The van der Waals surface area contributed by atoms with Gasteiger partial charge in [0.2, 0.25) is 0 Å². The zero-order valence-corrected chi connectivity index (χ0v) is 12.1. The largest absolute Gasteiger partial charge is 0.497 e. The van der Waals surface area contributed by atoms with Gasteiger partial charge in [-0.15, -0.1) is 0 Å². The Balaban J connectivity index is 1.96. The van der Waals surface area contributed by atoms with Crippen LogP contribution in [0.1, 0.15) is 24.1 Å². The molecule has 0 aliphatic carbocycles. The molecule has 0 saturated heterocycles. The number of nitrogens with zero attached hydrogens (tertiary/aromatic N) is 1. The molecule has 2 aromatic rings. The fraction of sp³-hybridized carbons (Fsp3) is 0.286. The van der Waals surface area contributed by atoms with Crippen molar-refractivity contribution in [1.82, 2.24) is 5.32 Å². The van der Waals surface area contributed by atoms with Crippen molar-refractivity contribution in [3.8, 4) is 5.75 Å². The number of hydrogen-bond acceptors (Lipinski definition) is 5.